The van der Waals surface area contributed by atoms with Crippen LogP contribution in [0.3, 0.4) is 0 Å². The molecule has 0 aromatic heterocycles. The first-order valence-electron chi connectivity index (χ1n) is 9.99. The molecule has 0 aliphatic heterocycles. The number of amides is 1. The van der Waals surface area contributed by atoms with Crippen LogP contribution in [0.15, 0.2) is 41.3 Å². The van der Waals surface area contributed by atoms with Crippen LogP contribution in [0.25, 0.3) is 0 Å². The number of rotatable bonds is 9. The number of nitrogens with one attached hydrogen (secondary N) is 1. The van der Waals surface area contributed by atoms with Crippen LogP contribution in [0.5, 0.6) is 0 Å². The number of sulfonamides is 1. The monoisotopic (exact) mass is 497 g/mol. The Labute approximate surface area is 196 Å². The molecule has 1 N–H and O–H groups in total. The van der Waals surface area contributed by atoms with Gasteiger partial charge in [0.05, 0.1) is 20.5 Å². The molecule has 10 nitrogen and oxygen atoms in total. The van der Waals surface area contributed by atoms with Crippen LogP contribution in [-0.4, -0.2) is 48.7 Å². The molecular weight excluding hydrogens is 474 g/mol. The van der Waals surface area contributed by atoms with E-state index in [1.54, 1.807) is 13.8 Å². The molecule has 2 aromatic carbocycles. The molecule has 178 valence electrons. The zero-order chi connectivity index (χ0) is 24.9. The number of benzene rings is 2. The molecule has 0 fully saturated rings. The molecule has 0 saturated heterocycles. The molecule has 2 aromatic rings. The summed E-state index contributed by atoms with van der Waals surface area (Å²) in [5.41, 5.74) is -0.365. The number of aryl methyl sites for hydroxylation is 1. The quantitative estimate of drug-likeness (QED) is 0.316. The van der Waals surface area contributed by atoms with E-state index >= 15 is 0 Å². The summed E-state index contributed by atoms with van der Waals surface area (Å²) in [5.74, 6) is -1.83. The maximum Gasteiger partial charge on any atom is 0.346 e. The number of ether oxygens (including phenoxy) is 1. The Morgan fingerprint density at radius 1 is 1.21 bits per heavy atom. The maximum atomic E-state index is 12.7. The first-order valence-corrected chi connectivity index (χ1v) is 11.8. The molecule has 0 radical (unpaired) electrons. The van der Waals surface area contributed by atoms with E-state index in [0.29, 0.717) is 5.56 Å². The van der Waals surface area contributed by atoms with Crippen LogP contribution >= 0.6 is 11.6 Å². The zero-order valence-electron chi connectivity index (χ0n) is 18.5. The summed E-state index contributed by atoms with van der Waals surface area (Å²) in [6, 6.07) is 7.98. The largest absolute Gasteiger partial charge is 0.449 e. The lowest BCUT2D eigenvalue weighted by atomic mass is 10.1. The number of nitrogens with zero attached hydrogens (tertiary/aromatic N) is 2. The van der Waals surface area contributed by atoms with Crippen molar-refractivity contribution < 1.29 is 27.7 Å². The van der Waals surface area contributed by atoms with E-state index in [4.69, 9.17) is 16.3 Å². The molecule has 0 aliphatic rings. The van der Waals surface area contributed by atoms with Crippen LogP contribution < -0.4 is 5.32 Å². The summed E-state index contributed by atoms with van der Waals surface area (Å²) in [6.07, 6.45) is -1.35. The van der Waals surface area contributed by atoms with Crippen LogP contribution in [0, 0.1) is 17.0 Å². The van der Waals surface area contributed by atoms with Gasteiger partial charge < -0.3 is 10.1 Å². The van der Waals surface area contributed by atoms with Gasteiger partial charge in [-0.05, 0) is 37.6 Å². The Morgan fingerprint density at radius 2 is 1.85 bits per heavy atom. The summed E-state index contributed by atoms with van der Waals surface area (Å²) in [4.78, 5) is 35.6. The Morgan fingerprint density at radius 3 is 2.42 bits per heavy atom. The van der Waals surface area contributed by atoms with Gasteiger partial charge in [0, 0.05) is 19.2 Å². The van der Waals surface area contributed by atoms with Gasteiger partial charge in [0.2, 0.25) is 10.0 Å². The van der Waals surface area contributed by atoms with E-state index in [-0.39, 0.29) is 34.3 Å². The number of halogens is 1. The summed E-state index contributed by atoms with van der Waals surface area (Å²) < 4.78 is 31.9. The SMILES string of the molecule is CCN(CC)S(=O)(=O)c1ccc(Cl)c(NC(=O)C(C)OC(=O)c2c(C)cccc2[N+](=O)[O-])c1. The Bertz CT molecular complexity index is 1180. The third-order valence-electron chi connectivity index (χ3n) is 4.84. The van der Waals surface area contributed by atoms with E-state index in [2.05, 4.69) is 5.32 Å². The molecule has 0 saturated carbocycles. The fourth-order valence-electron chi connectivity index (χ4n) is 3.05. The smallest absolute Gasteiger partial charge is 0.346 e. The molecule has 12 heteroatoms. The number of hydrogen-bond donors (Lipinski definition) is 1. The number of hydrogen-bond acceptors (Lipinski definition) is 7. The van der Waals surface area contributed by atoms with Crippen molar-refractivity contribution in [2.75, 3.05) is 18.4 Å². The highest BCUT2D eigenvalue weighted by molar-refractivity contribution is 7.89. The van der Waals surface area contributed by atoms with E-state index in [0.717, 1.165) is 6.07 Å². The van der Waals surface area contributed by atoms with Gasteiger partial charge in [-0.25, -0.2) is 13.2 Å². The lowest BCUT2D eigenvalue weighted by Crippen LogP contribution is -2.31. The van der Waals surface area contributed by atoms with Crippen LogP contribution in [0.2, 0.25) is 5.02 Å². The average Bonchev–Trinajstić information content (AvgIpc) is 2.75. The van der Waals surface area contributed by atoms with Crippen molar-refractivity contribution in [2.45, 2.75) is 38.7 Å². The second-order valence-electron chi connectivity index (χ2n) is 6.99. The summed E-state index contributed by atoms with van der Waals surface area (Å²) >= 11 is 6.11. The molecule has 0 spiro atoms. The Balaban J connectivity index is 2.24. The number of carbonyl (C=O) groups is 2. The second kappa shape index (κ2) is 10.7. The molecule has 33 heavy (non-hydrogen) atoms. The van der Waals surface area contributed by atoms with E-state index in [1.165, 1.54) is 48.5 Å². The lowest BCUT2D eigenvalue weighted by Gasteiger charge is -2.19. The minimum atomic E-state index is -3.80. The summed E-state index contributed by atoms with van der Waals surface area (Å²) in [5, 5.41) is 13.8. The van der Waals surface area contributed by atoms with Gasteiger partial charge in [-0.2, -0.15) is 4.31 Å². The van der Waals surface area contributed by atoms with Gasteiger partial charge in [-0.3, -0.25) is 14.9 Å². The van der Waals surface area contributed by atoms with Gasteiger partial charge in [0.15, 0.2) is 6.10 Å². The van der Waals surface area contributed by atoms with Gasteiger partial charge >= 0.3 is 5.97 Å². The summed E-state index contributed by atoms with van der Waals surface area (Å²) in [6.45, 7) is 6.73. The molecular formula is C21H24ClN3O7S. The maximum absolute atomic E-state index is 12.7. The molecule has 0 aliphatic carbocycles. The highest BCUT2D eigenvalue weighted by Crippen LogP contribution is 2.28. The molecule has 0 heterocycles. The number of esters is 1. The van der Waals surface area contributed by atoms with Crippen LogP contribution in [-0.2, 0) is 19.6 Å². The molecule has 1 atom stereocenters. The first kappa shape index (κ1) is 26.2. The third-order valence-corrected chi connectivity index (χ3v) is 7.22. The van der Waals surface area contributed by atoms with Crippen molar-refractivity contribution in [1.29, 1.82) is 0 Å². The molecule has 1 unspecified atom stereocenters. The Hall–Kier alpha value is -3.02. The highest BCUT2D eigenvalue weighted by atomic mass is 35.5. The van der Waals surface area contributed by atoms with Gasteiger partial charge in [-0.1, -0.05) is 37.6 Å². The fraction of sp³-hybridized carbons (Fsp3) is 0.333. The van der Waals surface area contributed by atoms with E-state index in [1.807, 2.05) is 0 Å². The average molecular weight is 498 g/mol. The topological polar surface area (TPSA) is 136 Å². The predicted octanol–water partition coefficient (Wildman–Crippen LogP) is 3.77. The van der Waals surface area contributed by atoms with Crippen molar-refractivity contribution in [3.05, 3.63) is 62.7 Å². The molecule has 2 rings (SSSR count). The van der Waals surface area contributed by atoms with Crippen molar-refractivity contribution in [1.82, 2.24) is 4.31 Å². The zero-order valence-corrected chi connectivity index (χ0v) is 20.1. The summed E-state index contributed by atoms with van der Waals surface area (Å²) in [7, 11) is -3.80. The molecule has 1 amide bonds. The standard InChI is InChI=1S/C21H24ClN3O7S/c1-5-24(6-2)33(30,31)15-10-11-16(22)17(12-15)23-20(26)14(4)32-21(27)19-13(3)8-7-9-18(19)25(28)29/h7-12,14H,5-6H2,1-4H3,(H,23,26). The minimum Gasteiger partial charge on any atom is -0.449 e. The van der Waals surface area contributed by atoms with Gasteiger partial charge in [-0.15, -0.1) is 0 Å². The normalized spacial score (nSPS) is 12.3. The number of nitro groups is 1. The number of nitro benzene ring substituents is 1. The van der Waals surface area contributed by atoms with E-state index < -0.39 is 38.6 Å². The second-order valence-corrected chi connectivity index (χ2v) is 9.34. The molecule has 0 bridgehead atoms. The Kier molecular flexibility index (Phi) is 8.53. The third kappa shape index (κ3) is 5.86. The highest BCUT2D eigenvalue weighted by Gasteiger charge is 2.28. The van der Waals surface area contributed by atoms with E-state index in [9.17, 15) is 28.1 Å². The van der Waals surface area contributed by atoms with Gasteiger partial charge in [0.25, 0.3) is 11.6 Å². The fourth-order valence-corrected chi connectivity index (χ4v) is 4.70. The van der Waals surface area contributed by atoms with Crippen molar-refractivity contribution in [2.24, 2.45) is 0 Å². The number of carbonyl (C=O) groups excluding carboxylic acids is 2. The van der Waals surface area contributed by atoms with Crippen molar-refractivity contribution in [3.63, 3.8) is 0 Å². The predicted molar refractivity (Wildman–Crippen MR) is 123 cm³/mol. The van der Waals surface area contributed by atoms with Crippen molar-refractivity contribution in [3.8, 4) is 0 Å². The van der Waals surface area contributed by atoms with Crippen LogP contribution in [0.1, 0.15) is 36.7 Å². The van der Waals surface area contributed by atoms with Crippen LogP contribution in [0.4, 0.5) is 11.4 Å². The lowest BCUT2D eigenvalue weighted by molar-refractivity contribution is -0.385. The van der Waals surface area contributed by atoms with Crippen molar-refractivity contribution >= 4 is 44.9 Å². The minimum absolute atomic E-state index is 0.0136. The number of anilines is 1. The first-order chi connectivity index (χ1) is 15.4. The van der Waals surface area contributed by atoms with Gasteiger partial charge in [0.1, 0.15) is 5.56 Å².